The predicted molar refractivity (Wildman–Crippen MR) is 84.7 cm³/mol. The number of hydrogen-bond donors (Lipinski definition) is 0. The number of nitrogens with zero attached hydrogens (tertiary/aromatic N) is 5. The number of rotatable bonds is 3. The molecule has 4 rings (SSSR count). The Balaban J connectivity index is 1.74. The molecule has 1 aliphatic heterocycles. The third-order valence-corrected chi connectivity index (χ3v) is 4.90. The van der Waals surface area contributed by atoms with Crippen LogP contribution in [0.5, 0.6) is 0 Å². The fourth-order valence-electron chi connectivity index (χ4n) is 2.89. The van der Waals surface area contributed by atoms with Gasteiger partial charge < -0.3 is 4.90 Å². The molecule has 0 radical (unpaired) electrons. The van der Waals surface area contributed by atoms with Gasteiger partial charge in [-0.15, -0.1) is 15.3 Å². The van der Waals surface area contributed by atoms with Crippen molar-refractivity contribution in [1.29, 1.82) is 0 Å². The lowest BCUT2D eigenvalue weighted by atomic mass is 10.1. The monoisotopic (exact) mass is 299 g/mol. The van der Waals surface area contributed by atoms with Gasteiger partial charge in [-0.3, -0.25) is 0 Å². The highest BCUT2D eigenvalue weighted by Gasteiger charge is 2.22. The quantitative estimate of drug-likeness (QED) is 0.745. The van der Waals surface area contributed by atoms with Crippen LogP contribution in [-0.2, 0) is 0 Å². The molecule has 0 N–H and O–H groups in total. The van der Waals surface area contributed by atoms with Crippen LogP contribution in [0.25, 0.3) is 17.0 Å². The zero-order valence-corrected chi connectivity index (χ0v) is 12.8. The Labute approximate surface area is 127 Å². The Kier molecular flexibility index (Phi) is 3.11. The molecule has 4 heterocycles. The van der Waals surface area contributed by atoms with E-state index >= 15 is 0 Å². The second-order valence-electron chi connectivity index (χ2n) is 5.51. The predicted octanol–water partition coefficient (Wildman–Crippen LogP) is 3.09. The normalized spacial score (nSPS) is 18.7. The maximum Gasteiger partial charge on any atom is 0.186 e. The molecule has 0 saturated carbocycles. The summed E-state index contributed by atoms with van der Waals surface area (Å²) in [7, 11) is 0. The first-order valence-electron chi connectivity index (χ1n) is 7.35. The molecule has 1 aliphatic rings. The molecule has 3 aromatic rings. The molecule has 1 atom stereocenters. The lowest BCUT2D eigenvalue weighted by Crippen LogP contribution is -2.21. The Bertz CT molecular complexity index is 749. The molecule has 0 aliphatic carbocycles. The summed E-state index contributed by atoms with van der Waals surface area (Å²) in [6, 6.07) is 6.11. The molecule has 3 aromatic heterocycles. The van der Waals surface area contributed by atoms with E-state index in [-0.39, 0.29) is 0 Å². The summed E-state index contributed by atoms with van der Waals surface area (Å²) in [4.78, 5) is 2.37. The summed E-state index contributed by atoms with van der Waals surface area (Å²) >= 11 is 1.66. The number of thiophene rings is 1. The van der Waals surface area contributed by atoms with E-state index in [0.717, 1.165) is 41.9 Å². The molecule has 6 heteroatoms. The molecule has 1 fully saturated rings. The fourth-order valence-corrected chi connectivity index (χ4v) is 3.53. The SMILES string of the molecule is CCC1CCN(c2ccc3nnc(-c4ccsc4)n3n2)C1. The summed E-state index contributed by atoms with van der Waals surface area (Å²) in [6.07, 6.45) is 2.50. The van der Waals surface area contributed by atoms with Gasteiger partial charge in [0, 0.05) is 24.0 Å². The highest BCUT2D eigenvalue weighted by atomic mass is 32.1. The molecule has 0 bridgehead atoms. The van der Waals surface area contributed by atoms with Crippen molar-refractivity contribution in [3.05, 3.63) is 29.0 Å². The van der Waals surface area contributed by atoms with Gasteiger partial charge in [-0.1, -0.05) is 13.3 Å². The van der Waals surface area contributed by atoms with E-state index in [9.17, 15) is 0 Å². The van der Waals surface area contributed by atoms with Gasteiger partial charge in [0.25, 0.3) is 0 Å². The number of anilines is 1. The Morgan fingerprint density at radius 1 is 1.29 bits per heavy atom. The van der Waals surface area contributed by atoms with Crippen LogP contribution in [0.15, 0.2) is 29.0 Å². The van der Waals surface area contributed by atoms with Crippen molar-refractivity contribution in [2.75, 3.05) is 18.0 Å². The number of aromatic nitrogens is 4. The van der Waals surface area contributed by atoms with Crippen molar-refractivity contribution in [2.45, 2.75) is 19.8 Å². The van der Waals surface area contributed by atoms with Gasteiger partial charge in [-0.05, 0) is 35.9 Å². The van der Waals surface area contributed by atoms with Gasteiger partial charge in [0.15, 0.2) is 11.5 Å². The number of hydrogen-bond acceptors (Lipinski definition) is 5. The van der Waals surface area contributed by atoms with Crippen molar-refractivity contribution in [1.82, 2.24) is 19.8 Å². The van der Waals surface area contributed by atoms with E-state index in [1.165, 1.54) is 12.8 Å². The maximum atomic E-state index is 4.76. The zero-order chi connectivity index (χ0) is 14.2. The molecule has 1 saturated heterocycles. The highest BCUT2D eigenvalue weighted by Crippen LogP contribution is 2.25. The summed E-state index contributed by atoms with van der Waals surface area (Å²) in [5, 5.41) is 17.4. The van der Waals surface area contributed by atoms with Crippen LogP contribution < -0.4 is 4.90 Å². The molecule has 0 amide bonds. The molecule has 1 unspecified atom stereocenters. The third-order valence-electron chi connectivity index (χ3n) is 4.22. The smallest absolute Gasteiger partial charge is 0.186 e. The highest BCUT2D eigenvalue weighted by molar-refractivity contribution is 7.08. The standard InChI is InChI=1S/C15H17N5S/c1-2-11-5-7-19(9-11)14-4-3-13-16-17-15(20(13)18-14)12-6-8-21-10-12/h3-4,6,8,10-11H,2,5,7,9H2,1H3. The average Bonchev–Trinajstić information content (AvgIpc) is 3.25. The molecular weight excluding hydrogens is 282 g/mol. The van der Waals surface area contributed by atoms with Gasteiger partial charge >= 0.3 is 0 Å². The molecule has 108 valence electrons. The van der Waals surface area contributed by atoms with Crippen LogP contribution in [0.4, 0.5) is 5.82 Å². The topological polar surface area (TPSA) is 46.3 Å². The van der Waals surface area contributed by atoms with Gasteiger partial charge in [0.2, 0.25) is 0 Å². The first-order chi connectivity index (χ1) is 10.3. The van der Waals surface area contributed by atoms with E-state index in [4.69, 9.17) is 5.10 Å². The maximum absolute atomic E-state index is 4.76. The molecule has 0 aromatic carbocycles. The van der Waals surface area contributed by atoms with Crippen molar-refractivity contribution < 1.29 is 0 Å². The Morgan fingerprint density at radius 3 is 3.00 bits per heavy atom. The van der Waals surface area contributed by atoms with E-state index < -0.39 is 0 Å². The van der Waals surface area contributed by atoms with Crippen molar-refractivity contribution in [3.63, 3.8) is 0 Å². The van der Waals surface area contributed by atoms with E-state index in [1.54, 1.807) is 11.3 Å². The minimum Gasteiger partial charge on any atom is -0.355 e. The zero-order valence-electron chi connectivity index (χ0n) is 11.9. The fraction of sp³-hybridized carbons (Fsp3) is 0.400. The second kappa shape index (κ2) is 5.11. The summed E-state index contributed by atoms with van der Waals surface area (Å²) < 4.78 is 1.86. The van der Waals surface area contributed by atoms with Crippen LogP contribution >= 0.6 is 11.3 Å². The summed E-state index contributed by atoms with van der Waals surface area (Å²) in [5.41, 5.74) is 1.87. The number of fused-ring (bicyclic) bond motifs is 1. The summed E-state index contributed by atoms with van der Waals surface area (Å²) in [5.74, 6) is 2.63. The van der Waals surface area contributed by atoms with Crippen LogP contribution in [0.1, 0.15) is 19.8 Å². The minimum absolute atomic E-state index is 0.791. The Hall–Kier alpha value is -1.95. The van der Waals surface area contributed by atoms with Crippen LogP contribution in [0, 0.1) is 5.92 Å². The van der Waals surface area contributed by atoms with Gasteiger partial charge in [0.1, 0.15) is 5.82 Å². The summed E-state index contributed by atoms with van der Waals surface area (Å²) in [6.45, 7) is 4.46. The van der Waals surface area contributed by atoms with Crippen LogP contribution in [0.2, 0.25) is 0 Å². The average molecular weight is 299 g/mol. The lowest BCUT2D eigenvalue weighted by molar-refractivity contribution is 0.568. The van der Waals surface area contributed by atoms with Gasteiger partial charge in [0.05, 0.1) is 0 Å². The van der Waals surface area contributed by atoms with Gasteiger partial charge in [-0.25, -0.2) is 0 Å². The first-order valence-corrected chi connectivity index (χ1v) is 8.29. The molecular formula is C15H17N5S. The molecule has 5 nitrogen and oxygen atoms in total. The van der Waals surface area contributed by atoms with Gasteiger partial charge in [-0.2, -0.15) is 15.9 Å². The van der Waals surface area contributed by atoms with Crippen LogP contribution in [-0.4, -0.2) is 32.9 Å². The first kappa shape index (κ1) is 12.8. The van der Waals surface area contributed by atoms with Crippen LogP contribution in [0.3, 0.4) is 0 Å². The van der Waals surface area contributed by atoms with E-state index in [2.05, 4.69) is 39.5 Å². The lowest BCUT2D eigenvalue weighted by Gasteiger charge is -2.17. The molecule has 21 heavy (non-hydrogen) atoms. The van der Waals surface area contributed by atoms with E-state index in [0.29, 0.717) is 0 Å². The Morgan fingerprint density at radius 2 is 2.24 bits per heavy atom. The van der Waals surface area contributed by atoms with Crippen molar-refractivity contribution in [3.8, 4) is 11.4 Å². The van der Waals surface area contributed by atoms with E-state index in [1.807, 2.05) is 16.0 Å². The van der Waals surface area contributed by atoms with Crippen molar-refractivity contribution in [2.24, 2.45) is 5.92 Å². The molecule has 0 spiro atoms. The largest absolute Gasteiger partial charge is 0.355 e. The second-order valence-corrected chi connectivity index (χ2v) is 6.29. The van der Waals surface area contributed by atoms with Crippen molar-refractivity contribution >= 4 is 22.8 Å². The third kappa shape index (κ3) is 2.19. The minimum atomic E-state index is 0.791.